The third-order valence-electron chi connectivity index (χ3n) is 4.34. The van der Waals surface area contributed by atoms with Crippen molar-refractivity contribution in [2.45, 2.75) is 32.7 Å². The van der Waals surface area contributed by atoms with Crippen LogP contribution in [0.5, 0.6) is 0 Å². The number of rotatable bonds is 5. The molecule has 0 saturated carbocycles. The van der Waals surface area contributed by atoms with Crippen molar-refractivity contribution in [3.63, 3.8) is 0 Å². The summed E-state index contributed by atoms with van der Waals surface area (Å²) < 4.78 is 0. The normalized spacial score (nSPS) is 16.1. The van der Waals surface area contributed by atoms with Crippen molar-refractivity contribution < 1.29 is 4.79 Å². The molecule has 2 aromatic rings. The Morgan fingerprint density at radius 3 is 2.79 bits per heavy atom. The molecule has 0 bridgehead atoms. The van der Waals surface area contributed by atoms with Crippen molar-refractivity contribution in [3.05, 3.63) is 46.2 Å². The highest BCUT2D eigenvalue weighted by molar-refractivity contribution is 7.09. The molecule has 1 aliphatic heterocycles. The Kier molecular flexibility index (Phi) is 5.93. The smallest absolute Gasteiger partial charge is 0.222 e. The van der Waals surface area contributed by atoms with E-state index >= 15 is 0 Å². The van der Waals surface area contributed by atoms with Gasteiger partial charge in [0.05, 0.1) is 6.54 Å². The molecule has 0 unspecified atom stereocenters. The average molecular weight is 344 g/mol. The van der Waals surface area contributed by atoms with Crippen molar-refractivity contribution in [2.75, 3.05) is 26.2 Å². The SMILES string of the molecule is Cc1csc(CN2CCCN(C(=O)CCc3ccncc3)CC2)n1. The summed E-state index contributed by atoms with van der Waals surface area (Å²) in [6, 6.07) is 3.96. The van der Waals surface area contributed by atoms with E-state index in [2.05, 4.69) is 20.2 Å². The highest BCUT2D eigenvalue weighted by Gasteiger charge is 2.19. The summed E-state index contributed by atoms with van der Waals surface area (Å²) in [5.41, 5.74) is 2.27. The van der Waals surface area contributed by atoms with Crippen LogP contribution in [0.3, 0.4) is 0 Å². The van der Waals surface area contributed by atoms with Crippen molar-refractivity contribution in [1.82, 2.24) is 19.8 Å². The lowest BCUT2D eigenvalue weighted by molar-refractivity contribution is -0.131. The van der Waals surface area contributed by atoms with Crippen LogP contribution in [0.4, 0.5) is 0 Å². The maximum atomic E-state index is 12.5. The highest BCUT2D eigenvalue weighted by Crippen LogP contribution is 2.14. The number of aromatic nitrogens is 2. The quantitative estimate of drug-likeness (QED) is 0.836. The Bertz CT molecular complexity index is 658. The monoisotopic (exact) mass is 344 g/mol. The maximum absolute atomic E-state index is 12.5. The molecule has 1 aliphatic rings. The zero-order valence-electron chi connectivity index (χ0n) is 14.1. The van der Waals surface area contributed by atoms with E-state index in [4.69, 9.17) is 0 Å². The zero-order chi connectivity index (χ0) is 16.8. The first kappa shape index (κ1) is 17.0. The number of carbonyl (C=O) groups is 1. The molecule has 3 rings (SSSR count). The third kappa shape index (κ3) is 4.85. The Hall–Kier alpha value is -1.79. The van der Waals surface area contributed by atoms with E-state index in [9.17, 15) is 4.79 Å². The van der Waals surface area contributed by atoms with Gasteiger partial charge in [0, 0.05) is 56.1 Å². The molecule has 2 aromatic heterocycles. The fraction of sp³-hybridized carbons (Fsp3) is 0.500. The van der Waals surface area contributed by atoms with Crippen molar-refractivity contribution >= 4 is 17.2 Å². The van der Waals surface area contributed by atoms with Gasteiger partial charge in [-0.3, -0.25) is 14.7 Å². The number of nitrogens with zero attached hydrogens (tertiary/aromatic N) is 4. The van der Waals surface area contributed by atoms with E-state index in [0.717, 1.165) is 51.3 Å². The minimum Gasteiger partial charge on any atom is -0.341 e. The van der Waals surface area contributed by atoms with E-state index < -0.39 is 0 Å². The lowest BCUT2D eigenvalue weighted by Gasteiger charge is -2.21. The maximum Gasteiger partial charge on any atom is 0.222 e. The Balaban J connectivity index is 1.46. The van der Waals surface area contributed by atoms with Crippen LogP contribution < -0.4 is 0 Å². The lowest BCUT2D eigenvalue weighted by Crippen LogP contribution is -2.35. The van der Waals surface area contributed by atoms with Crippen LogP contribution in [-0.2, 0) is 17.8 Å². The van der Waals surface area contributed by atoms with E-state index in [0.29, 0.717) is 6.42 Å². The number of hydrogen-bond donors (Lipinski definition) is 0. The fourth-order valence-electron chi connectivity index (χ4n) is 3.00. The standard InChI is InChI=1S/C18H24N4OS/c1-15-14-24-17(20-15)13-21-9-2-10-22(12-11-21)18(23)4-3-16-5-7-19-8-6-16/h5-8,14H,2-4,9-13H2,1H3. The number of pyridine rings is 1. The van der Waals surface area contributed by atoms with Gasteiger partial charge >= 0.3 is 0 Å². The van der Waals surface area contributed by atoms with Crippen LogP contribution >= 0.6 is 11.3 Å². The van der Waals surface area contributed by atoms with Gasteiger partial charge in [0.1, 0.15) is 5.01 Å². The first-order valence-corrected chi connectivity index (χ1v) is 9.39. The van der Waals surface area contributed by atoms with Gasteiger partial charge in [0.15, 0.2) is 0 Å². The van der Waals surface area contributed by atoms with Gasteiger partial charge in [-0.25, -0.2) is 4.98 Å². The molecule has 6 heteroatoms. The Labute approximate surface area is 147 Å². The third-order valence-corrected chi connectivity index (χ3v) is 5.29. The van der Waals surface area contributed by atoms with Crippen molar-refractivity contribution in [1.29, 1.82) is 0 Å². The van der Waals surface area contributed by atoms with Gasteiger partial charge in [-0.05, 0) is 37.5 Å². The molecule has 0 aliphatic carbocycles. The molecule has 5 nitrogen and oxygen atoms in total. The molecular formula is C18H24N4OS. The first-order valence-electron chi connectivity index (χ1n) is 8.51. The molecule has 0 atom stereocenters. The van der Waals surface area contributed by atoms with Gasteiger partial charge in [-0.1, -0.05) is 0 Å². The number of amides is 1. The summed E-state index contributed by atoms with van der Waals surface area (Å²) in [6.07, 6.45) is 5.97. The summed E-state index contributed by atoms with van der Waals surface area (Å²) in [7, 11) is 0. The predicted molar refractivity (Wildman–Crippen MR) is 95.9 cm³/mol. The average Bonchev–Trinajstić information content (AvgIpc) is 2.86. The van der Waals surface area contributed by atoms with Crippen LogP contribution in [-0.4, -0.2) is 51.9 Å². The summed E-state index contributed by atoms with van der Waals surface area (Å²) >= 11 is 1.72. The first-order chi connectivity index (χ1) is 11.7. The molecule has 1 fully saturated rings. The summed E-state index contributed by atoms with van der Waals surface area (Å²) in [6.45, 7) is 6.58. The van der Waals surface area contributed by atoms with Crippen LogP contribution in [0.1, 0.15) is 29.1 Å². The fourth-order valence-corrected chi connectivity index (χ4v) is 3.82. The highest BCUT2D eigenvalue weighted by atomic mass is 32.1. The number of aryl methyl sites for hydroxylation is 2. The Morgan fingerprint density at radius 2 is 2.04 bits per heavy atom. The van der Waals surface area contributed by atoms with Crippen LogP contribution in [0, 0.1) is 6.92 Å². The molecule has 0 spiro atoms. The zero-order valence-corrected chi connectivity index (χ0v) is 15.0. The minimum atomic E-state index is 0.263. The number of carbonyl (C=O) groups excluding carboxylic acids is 1. The molecule has 0 radical (unpaired) electrons. The second-order valence-electron chi connectivity index (χ2n) is 6.25. The number of hydrogen-bond acceptors (Lipinski definition) is 5. The molecule has 0 N–H and O–H groups in total. The molecule has 24 heavy (non-hydrogen) atoms. The van der Waals surface area contributed by atoms with Gasteiger partial charge in [0.2, 0.25) is 5.91 Å². The predicted octanol–water partition coefficient (Wildman–Crippen LogP) is 2.51. The van der Waals surface area contributed by atoms with Crippen molar-refractivity contribution in [2.24, 2.45) is 0 Å². The number of thiazole rings is 1. The van der Waals surface area contributed by atoms with Crippen LogP contribution in [0.2, 0.25) is 0 Å². The molecule has 1 saturated heterocycles. The molecule has 0 aromatic carbocycles. The lowest BCUT2D eigenvalue weighted by atomic mass is 10.1. The topological polar surface area (TPSA) is 49.3 Å². The Morgan fingerprint density at radius 1 is 1.21 bits per heavy atom. The largest absolute Gasteiger partial charge is 0.341 e. The van der Waals surface area contributed by atoms with Gasteiger partial charge < -0.3 is 4.90 Å². The molecular weight excluding hydrogens is 320 g/mol. The van der Waals surface area contributed by atoms with Crippen LogP contribution in [0.15, 0.2) is 29.9 Å². The summed E-state index contributed by atoms with van der Waals surface area (Å²) in [5.74, 6) is 0.263. The van der Waals surface area contributed by atoms with Crippen LogP contribution in [0.25, 0.3) is 0 Å². The molecule has 1 amide bonds. The van der Waals surface area contributed by atoms with E-state index in [1.807, 2.05) is 24.0 Å². The van der Waals surface area contributed by atoms with Crippen molar-refractivity contribution in [3.8, 4) is 0 Å². The van der Waals surface area contributed by atoms with E-state index in [1.165, 1.54) is 10.6 Å². The molecule has 128 valence electrons. The second kappa shape index (κ2) is 8.35. The van der Waals surface area contributed by atoms with Gasteiger partial charge in [0.25, 0.3) is 0 Å². The summed E-state index contributed by atoms with van der Waals surface area (Å²) in [5, 5.41) is 3.27. The van der Waals surface area contributed by atoms with Gasteiger partial charge in [-0.2, -0.15) is 0 Å². The minimum absolute atomic E-state index is 0.263. The molecule has 3 heterocycles. The second-order valence-corrected chi connectivity index (χ2v) is 7.19. The van der Waals surface area contributed by atoms with E-state index in [-0.39, 0.29) is 5.91 Å². The summed E-state index contributed by atoms with van der Waals surface area (Å²) in [4.78, 5) is 25.5. The van der Waals surface area contributed by atoms with Gasteiger partial charge in [-0.15, -0.1) is 11.3 Å². The van der Waals surface area contributed by atoms with E-state index in [1.54, 1.807) is 23.7 Å².